The van der Waals surface area contributed by atoms with Gasteiger partial charge in [0, 0.05) is 0 Å². The first-order chi connectivity index (χ1) is 7.79. The van der Waals surface area contributed by atoms with Crippen LogP contribution < -0.4 is 4.74 Å². The highest BCUT2D eigenvalue weighted by Gasteiger charge is 2.20. The fourth-order valence-corrected chi connectivity index (χ4v) is 1.70. The van der Waals surface area contributed by atoms with E-state index in [2.05, 4.69) is 6.07 Å². The molecule has 1 aromatic carbocycles. The molecule has 1 fully saturated rings. The van der Waals surface area contributed by atoms with Crippen LogP contribution in [0.25, 0.3) is 0 Å². The number of nitrogens with zero attached hydrogens (tertiary/aromatic N) is 1. The molecule has 0 amide bonds. The second kappa shape index (κ2) is 5.30. The molecule has 1 radical (unpaired) electrons. The molecule has 1 heterocycles. The highest BCUT2D eigenvalue weighted by atomic mass is 16.6. The maximum absolute atomic E-state index is 12.1. The van der Waals surface area contributed by atoms with Gasteiger partial charge < -0.3 is 19.3 Å². The van der Waals surface area contributed by atoms with E-state index in [1.807, 2.05) is 12.1 Å². The lowest BCUT2D eigenvalue weighted by molar-refractivity contribution is -0.888. The maximum atomic E-state index is 12.1. The lowest BCUT2D eigenvalue weighted by Gasteiger charge is -2.44. The predicted molar refractivity (Wildman–Crippen MR) is 59.8 cm³/mol. The van der Waals surface area contributed by atoms with Crippen LogP contribution in [-0.2, 0) is 4.74 Å². The van der Waals surface area contributed by atoms with Crippen LogP contribution in [0.15, 0.2) is 24.3 Å². The maximum Gasteiger partial charge on any atom is 0.137 e. The van der Waals surface area contributed by atoms with Crippen LogP contribution in [-0.4, -0.2) is 44.1 Å². The molecule has 0 spiro atoms. The summed E-state index contributed by atoms with van der Waals surface area (Å²) in [6.45, 7) is 3.13. The van der Waals surface area contributed by atoms with Crippen molar-refractivity contribution in [2.75, 3.05) is 39.5 Å². The highest BCUT2D eigenvalue weighted by molar-refractivity contribution is 5.20. The molecule has 1 aromatic rings. The monoisotopic (exact) mass is 222 g/mol. The normalized spacial score (nSPS) is 19.3. The van der Waals surface area contributed by atoms with Gasteiger partial charge in [0.25, 0.3) is 0 Å². The first-order valence-corrected chi connectivity index (χ1v) is 5.52. The molecule has 1 aliphatic rings. The predicted octanol–water partition coefficient (Wildman–Crippen LogP) is 1.21. The van der Waals surface area contributed by atoms with Crippen LogP contribution in [0.2, 0.25) is 0 Å². The molecule has 87 valence electrons. The van der Waals surface area contributed by atoms with Crippen LogP contribution in [0.3, 0.4) is 0 Å². The average molecular weight is 222 g/mol. The van der Waals surface area contributed by atoms with Crippen molar-refractivity contribution in [3.8, 4) is 5.75 Å². The number of quaternary nitrogens is 1. The zero-order valence-electron chi connectivity index (χ0n) is 9.22. The van der Waals surface area contributed by atoms with Crippen molar-refractivity contribution in [3.63, 3.8) is 0 Å². The smallest absolute Gasteiger partial charge is 0.137 e. The van der Waals surface area contributed by atoms with Crippen molar-refractivity contribution in [2.45, 2.75) is 0 Å². The molecule has 0 saturated carbocycles. The van der Waals surface area contributed by atoms with Gasteiger partial charge in [0.1, 0.15) is 32.0 Å². The molecule has 0 aromatic heterocycles. The summed E-state index contributed by atoms with van der Waals surface area (Å²) in [4.78, 5) is 0. The Balaban J connectivity index is 1.75. The molecule has 0 atom stereocenters. The van der Waals surface area contributed by atoms with E-state index in [0.717, 1.165) is 5.75 Å². The molecule has 2 rings (SSSR count). The SMILES string of the molecule is [O-][N+]1(CCOc2cc[c]cc2)CCOCC1. The Bertz CT molecular complexity index is 309. The van der Waals surface area contributed by atoms with E-state index in [9.17, 15) is 5.21 Å². The van der Waals surface area contributed by atoms with Gasteiger partial charge in [0.15, 0.2) is 0 Å². The topological polar surface area (TPSA) is 41.5 Å². The summed E-state index contributed by atoms with van der Waals surface area (Å²) in [5.41, 5.74) is 0. The molecular weight excluding hydrogens is 206 g/mol. The number of hydrogen-bond acceptors (Lipinski definition) is 3. The first kappa shape index (κ1) is 11.4. The molecule has 16 heavy (non-hydrogen) atoms. The molecule has 1 aliphatic heterocycles. The lowest BCUT2D eigenvalue weighted by Crippen LogP contribution is -2.52. The number of ether oxygens (including phenoxy) is 2. The highest BCUT2D eigenvalue weighted by Crippen LogP contribution is 2.11. The number of hydroxylamine groups is 3. The molecule has 4 nitrogen and oxygen atoms in total. The van der Waals surface area contributed by atoms with E-state index in [1.165, 1.54) is 0 Å². The quantitative estimate of drug-likeness (QED) is 0.568. The summed E-state index contributed by atoms with van der Waals surface area (Å²) in [5.74, 6) is 0.790. The average Bonchev–Trinajstić information content (AvgIpc) is 2.31. The molecular formula is C12H16NO3. The van der Waals surface area contributed by atoms with E-state index < -0.39 is 0 Å². The molecule has 0 aliphatic carbocycles. The zero-order valence-corrected chi connectivity index (χ0v) is 9.22. The van der Waals surface area contributed by atoms with Gasteiger partial charge in [-0.3, -0.25) is 0 Å². The summed E-state index contributed by atoms with van der Waals surface area (Å²) in [7, 11) is 0. The van der Waals surface area contributed by atoms with Crippen LogP contribution in [0.4, 0.5) is 0 Å². The fraction of sp³-hybridized carbons (Fsp3) is 0.500. The Kier molecular flexibility index (Phi) is 3.77. The number of morpholine rings is 1. The second-order valence-corrected chi connectivity index (χ2v) is 3.93. The number of benzene rings is 1. The van der Waals surface area contributed by atoms with Crippen LogP contribution in [0.5, 0.6) is 5.75 Å². The van der Waals surface area contributed by atoms with E-state index >= 15 is 0 Å². The van der Waals surface area contributed by atoms with Crippen molar-refractivity contribution < 1.29 is 14.1 Å². The molecule has 4 heteroatoms. The van der Waals surface area contributed by atoms with Gasteiger partial charge >= 0.3 is 0 Å². The fourth-order valence-electron chi connectivity index (χ4n) is 1.70. The first-order valence-electron chi connectivity index (χ1n) is 5.52. The molecule has 0 N–H and O–H groups in total. The summed E-state index contributed by atoms with van der Waals surface area (Å²) >= 11 is 0. The van der Waals surface area contributed by atoms with Crippen LogP contribution in [0.1, 0.15) is 0 Å². The van der Waals surface area contributed by atoms with Gasteiger partial charge in [-0.1, -0.05) is 12.1 Å². The second-order valence-electron chi connectivity index (χ2n) is 3.93. The molecule has 0 bridgehead atoms. The van der Waals surface area contributed by atoms with Gasteiger partial charge in [0.2, 0.25) is 0 Å². The number of hydrogen-bond donors (Lipinski definition) is 0. The van der Waals surface area contributed by atoms with Crippen molar-refractivity contribution in [3.05, 3.63) is 35.5 Å². The standard InChI is InChI=1S/C12H16NO3/c14-13(6-9-15-10-7-13)8-11-16-12-4-2-1-3-5-12/h2-5H,6-11H2. The van der Waals surface area contributed by atoms with E-state index in [1.54, 1.807) is 12.1 Å². The Labute approximate surface area is 95.6 Å². The minimum Gasteiger partial charge on any atom is -0.633 e. The van der Waals surface area contributed by atoms with Crippen molar-refractivity contribution in [1.29, 1.82) is 0 Å². The summed E-state index contributed by atoms with van der Waals surface area (Å²) in [6, 6.07) is 10.2. The summed E-state index contributed by atoms with van der Waals surface area (Å²) in [5, 5.41) is 12.1. The van der Waals surface area contributed by atoms with Gasteiger partial charge in [-0.05, 0) is 18.2 Å². The summed E-state index contributed by atoms with van der Waals surface area (Å²) < 4.78 is 10.5. The minimum absolute atomic E-state index is 0.195. The Morgan fingerprint density at radius 3 is 2.69 bits per heavy atom. The lowest BCUT2D eigenvalue weighted by atomic mass is 10.3. The van der Waals surface area contributed by atoms with Gasteiger partial charge in [0.05, 0.1) is 13.2 Å². The third-order valence-electron chi connectivity index (χ3n) is 2.74. The Morgan fingerprint density at radius 1 is 1.31 bits per heavy atom. The Hall–Kier alpha value is -1.10. The van der Waals surface area contributed by atoms with Gasteiger partial charge in [-0.2, -0.15) is 0 Å². The van der Waals surface area contributed by atoms with Gasteiger partial charge in [-0.25, -0.2) is 0 Å². The van der Waals surface area contributed by atoms with E-state index in [-0.39, 0.29) is 4.65 Å². The van der Waals surface area contributed by atoms with Crippen LogP contribution in [0, 0.1) is 11.3 Å². The summed E-state index contributed by atoms with van der Waals surface area (Å²) in [6.07, 6.45) is 0. The van der Waals surface area contributed by atoms with Crippen molar-refractivity contribution in [1.82, 2.24) is 0 Å². The van der Waals surface area contributed by atoms with Crippen LogP contribution >= 0.6 is 0 Å². The Morgan fingerprint density at radius 2 is 2.00 bits per heavy atom. The van der Waals surface area contributed by atoms with E-state index in [0.29, 0.717) is 39.5 Å². The number of rotatable bonds is 4. The third kappa shape index (κ3) is 3.20. The molecule has 0 unspecified atom stereocenters. The van der Waals surface area contributed by atoms with Crippen molar-refractivity contribution >= 4 is 0 Å². The van der Waals surface area contributed by atoms with E-state index in [4.69, 9.17) is 9.47 Å². The largest absolute Gasteiger partial charge is 0.633 e. The zero-order chi connectivity index (χ0) is 11.3. The van der Waals surface area contributed by atoms with Crippen molar-refractivity contribution in [2.24, 2.45) is 0 Å². The third-order valence-corrected chi connectivity index (χ3v) is 2.74. The molecule has 1 saturated heterocycles. The van der Waals surface area contributed by atoms with Gasteiger partial charge in [-0.15, -0.1) is 0 Å². The minimum atomic E-state index is -0.195.